The minimum Gasteiger partial charge on any atom is -0.496 e. The highest BCUT2D eigenvalue weighted by molar-refractivity contribution is 6.10. The van der Waals surface area contributed by atoms with Crippen molar-refractivity contribution in [1.29, 1.82) is 0 Å². The van der Waals surface area contributed by atoms with Crippen molar-refractivity contribution >= 4 is 5.78 Å². The summed E-state index contributed by atoms with van der Waals surface area (Å²) in [5, 5.41) is 0. The largest absolute Gasteiger partial charge is 0.496 e. The maximum absolute atomic E-state index is 13.6. The molecule has 0 aromatic heterocycles. The van der Waals surface area contributed by atoms with Gasteiger partial charge in [0.1, 0.15) is 5.75 Å². The van der Waals surface area contributed by atoms with E-state index in [1.807, 2.05) is 0 Å². The molecule has 0 spiro atoms. The van der Waals surface area contributed by atoms with Crippen molar-refractivity contribution in [3.8, 4) is 5.75 Å². The van der Waals surface area contributed by atoms with Crippen molar-refractivity contribution in [2.75, 3.05) is 7.11 Å². The van der Waals surface area contributed by atoms with Crippen LogP contribution in [0.25, 0.3) is 0 Å². The summed E-state index contributed by atoms with van der Waals surface area (Å²) < 4.78 is 44.5. The molecule has 2 nitrogen and oxygen atoms in total. The summed E-state index contributed by atoms with van der Waals surface area (Å²) in [5.74, 6) is -5.05. The lowest BCUT2D eigenvalue weighted by atomic mass is 10.0. The van der Waals surface area contributed by atoms with Gasteiger partial charge in [-0.05, 0) is 24.3 Å². The van der Waals surface area contributed by atoms with Gasteiger partial charge in [0.15, 0.2) is 23.2 Å². The molecule has 0 bridgehead atoms. The molecule has 0 aliphatic carbocycles. The molecule has 5 heteroatoms. The predicted molar refractivity (Wildman–Crippen MR) is 62.7 cm³/mol. The van der Waals surface area contributed by atoms with Gasteiger partial charge in [-0.2, -0.15) is 0 Å². The van der Waals surface area contributed by atoms with Gasteiger partial charge in [-0.1, -0.05) is 12.1 Å². The summed E-state index contributed by atoms with van der Waals surface area (Å²) >= 11 is 0. The molecule has 2 aromatic carbocycles. The Bertz CT molecular complexity index is 639. The third-order valence-corrected chi connectivity index (χ3v) is 2.63. The highest BCUT2D eigenvalue weighted by atomic mass is 19.2. The SMILES string of the molecule is COc1ccccc1C(=O)c1ccc(F)c(F)c1F. The first-order chi connectivity index (χ1) is 9.06. The fourth-order valence-electron chi connectivity index (χ4n) is 1.68. The van der Waals surface area contributed by atoms with Gasteiger partial charge in [-0.3, -0.25) is 4.79 Å². The molecule has 0 N–H and O–H groups in total. The van der Waals surface area contributed by atoms with Crippen molar-refractivity contribution in [2.45, 2.75) is 0 Å². The van der Waals surface area contributed by atoms with Gasteiger partial charge in [-0.25, -0.2) is 13.2 Å². The van der Waals surface area contributed by atoms with Crippen LogP contribution in [0.4, 0.5) is 13.2 Å². The Labute approximate surface area is 107 Å². The van der Waals surface area contributed by atoms with Crippen LogP contribution in [0.2, 0.25) is 0 Å². The van der Waals surface area contributed by atoms with E-state index in [1.165, 1.54) is 19.2 Å². The molecule has 0 aliphatic rings. The van der Waals surface area contributed by atoms with Gasteiger partial charge in [0, 0.05) is 0 Å². The Kier molecular flexibility index (Phi) is 3.55. The first kappa shape index (κ1) is 13.1. The maximum Gasteiger partial charge on any atom is 0.199 e. The maximum atomic E-state index is 13.6. The number of ketones is 1. The minimum absolute atomic E-state index is 0.0786. The molecule has 2 rings (SSSR count). The van der Waals surface area contributed by atoms with E-state index in [1.54, 1.807) is 12.1 Å². The number of carbonyl (C=O) groups excluding carboxylic acids is 1. The van der Waals surface area contributed by atoms with Crippen LogP contribution in [0, 0.1) is 17.5 Å². The number of para-hydroxylation sites is 1. The molecule has 0 saturated carbocycles. The summed E-state index contributed by atoms with van der Waals surface area (Å²) in [4.78, 5) is 12.1. The van der Waals surface area contributed by atoms with Crippen LogP contribution in [0.15, 0.2) is 36.4 Å². The average molecular weight is 266 g/mol. The second-order valence-electron chi connectivity index (χ2n) is 3.75. The zero-order chi connectivity index (χ0) is 14.0. The molecular weight excluding hydrogens is 257 g/mol. The molecule has 0 heterocycles. The molecule has 0 amide bonds. The Morgan fingerprint density at radius 1 is 0.947 bits per heavy atom. The molecule has 0 unspecified atom stereocenters. The quantitative estimate of drug-likeness (QED) is 0.629. The van der Waals surface area contributed by atoms with Crippen molar-refractivity contribution in [1.82, 2.24) is 0 Å². The summed E-state index contributed by atoms with van der Waals surface area (Å²) in [6.07, 6.45) is 0. The van der Waals surface area contributed by atoms with Crippen LogP contribution < -0.4 is 4.74 Å². The van der Waals surface area contributed by atoms with E-state index in [9.17, 15) is 18.0 Å². The van der Waals surface area contributed by atoms with Crippen molar-refractivity contribution in [3.63, 3.8) is 0 Å². The third kappa shape index (κ3) is 2.31. The van der Waals surface area contributed by atoms with Gasteiger partial charge in [-0.15, -0.1) is 0 Å². The van der Waals surface area contributed by atoms with Gasteiger partial charge in [0.2, 0.25) is 0 Å². The number of ether oxygens (including phenoxy) is 1. The van der Waals surface area contributed by atoms with E-state index in [-0.39, 0.29) is 11.3 Å². The lowest BCUT2D eigenvalue weighted by Gasteiger charge is -2.08. The summed E-state index contributed by atoms with van der Waals surface area (Å²) in [5.41, 5.74) is -0.460. The third-order valence-electron chi connectivity index (χ3n) is 2.63. The molecule has 0 atom stereocenters. The normalized spacial score (nSPS) is 10.3. The number of hydrogen-bond donors (Lipinski definition) is 0. The average Bonchev–Trinajstić information content (AvgIpc) is 2.44. The van der Waals surface area contributed by atoms with Crippen LogP contribution in [-0.2, 0) is 0 Å². The molecular formula is C14H9F3O2. The van der Waals surface area contributed by atoms with Crippen LogP contribution in [0.5, 0.6) is 5.75 Å². The molecule has 98 valence electrons. The lowest BCUT2D eigenvalue weighted by molar-refractivity contribution is 0.103. The zero-order valence-electron chi connectivity index (χ0n) is 9.91. The first-order valence-corrected chi connectivity index (χ1v) is 5.37. The monoisotopic (exact) mass is 266 g/mol. The fraction of sp³-hybridized carbons (Fsp3) is 0.0714. The highest BCUT2D eigenvalue weighted by Crippen LogP contribution is 2.24. The van der Waals surface area contributed by atoms with Crippen molar-refractivity contribution < 1.29 is 22.7 Å². The highest BCUT2D eigenvalue weighted by Gasteiger charge is 2.21. The number of carbonyl (C=O) groups is 1. The van der Waals surface area contributed by atoms with E-state index in [0.717, 1.165) is 6.07 Å². The number of methoxy groups -OCH3 is 1. The van der Waals surface area contributed by atoms with Crippen LogP contribution in [0.1, 0.15) is 15.9 Å². The Hall–Kier alpha value is -2.30. The molecule has 0 aliphatic heterocycles. The second-order valence-corrected chi connectivity index (χ2v) is 3.75. The number of benzene rings is 2. The fourth-order valence-corrected chi connectivity index (χ4v) is 1.68. The standard InChI is InChI=1S/C14H9F3O2/c1-19-11-5-3-2-4-8(11)14(18)9-6-7-10(15)13(17)12(9)16/h2-7H,1H3. The predicted octanol–water partition coefficient (Wildman–Crippen LogP) is 3.34. The van der Waals surface area contributed by atoms with Gasteiger partial charge >= 0.3 is 0 Å². The van der Waals surface area contributed by atoms with Crippen LogP contribution in [0.3, 0.4) is 0 Å². The zero-order valence-corrected chi connectivity index (χ0v) is 9.91. The van der Waals surface area contributed by atoms with Crippen LogP contribution >= 0.6 is 0 Å². The molecule has 2 aromatic rings. The molecule has 0 saturated heterocycles. The van der Waals surface area contributed by atoms with Crippen molar-refractivity contribution in [3.05, 3.63) is 65.0 Å². The molecule has 19 heavy (non-hydrogen) atoms. The number of halogens is 3. The number of hydrogen-bond acceptors (Lipinski definition) is 2. The lowest BCUT2D eigenvalue weighted by Crippen LogP contribution is -2.08. The summed E-state index contributed by atoms with van der Waals surface area (Å²) in [6, 6.07) is 7.75. The summed E-state index contributed by atoms with van der Waals surface area (Å²) in [6.45, 7) is 0. The Morgan fingerprint density at radius 2 is 1.63 bits per heavy atom. The van der Waals surface area contributed by atoms with E-state index in [2.05, 4.69) is 0 Å². The number of rotatable bonds is 3. The molecule has 0 radical (unpaired) electrons. The van der Waals surface area contributed by atoms with Crippen LogP contribution in [-0.4, -0.2) is 12.9 Å². The van der Waals surface area contributed by atoms with Gasteiger partial charge in [0.05, 0.1) is 18.2 Å². The van der Waals surface area contributed by atoms with E-state index in [0.29, 0.717) is 6.07 Å². The van der Waals surface area contributed by atoms with Gasteiger partial charge in [0.25, 0.3) is 0 Å². The van der Waals surface area contributed by atoms with E-state index in [4.69, 9.17) is 4.74 Å². The summed E-state index contributed by atoms with van der Waals surface area (Å²) in [7, 11) is 1.35. The Balaban J connectivity index is 2.54. The molecule has 0 fully saturated rings. The minimum atomic E-state index is -1.67. The first-order valence-electron chi connectivity index (χ1n) is 5.37. The van der Waals surface area contributed by atoms with E-state index < -0.39 is 28.8 Å². The smallest absolute Gasteiger partial charge is 0.199 e. The van der Waals surface area contributed by atoms with E-state index >= 15 is 0 Å². The second kappa shape index (κ2) is 5.14. The van der Waals surface area contributed by atoms with Crippen molar-refractivity contribution in [2.24, 2.45) is 0 Å². The van der Waals surface area contributed by atoms with Gasteiger partial charge < -0.3 is 4.74 Å². The Morgan fingerprint density at radius 3 is 2.32 bits per heavy atom. The topological polar surface area (TPSA) is 26.3 Å².